The summed E-state index contributed by atoms with van der Waals surface area (Å²) in [6, 6.07) is 6.98. The van der Waals surface area contributed by atoms with E-state index in [1.807, 2.05) is 0 Å². The Morgan fingerprint density at radius 3 is 2.36 bits per heavy atom. The summed E-state index contributed by atoms with van der Waals surface area (Å²) in [7, 11) is 0. The standard InChI is InChI=1S/C21H21F3N6O3/c22-21(23,24)13-11-25-20(26-12-13)30-9-7-29(8-10-30)19(33)17(31)6-5-16-14-3-1-2-4-15(14)18(32)28-27-16/h1-4,11-12,17,31H,5-10H2,(H,28,32). The van der Waals surface area contributed by atoms with Crippen LogP contribution in [0, 0.1) is 0 Å². The maximum atomic E-state index is 12.7. The zero-order chi connectivity index (χ0) is 23.6. The summed E-state index contributed by atoms with van der Waals surface area (Å²) in [5.74, 6) is -0.275. The van der Waals surface area contributed by atoms with Gasteiger partial charge in [-0.3, -0.25) is 9.59 Å². The average molecular weight is 462 g/mol. The molecule has 0 bridgehead atoms. The van der Waals surface area contributed by atoms with Crippen LogP contribution in [0.1, 0.15) is 17.7 Å². The molecule has 3 heterocycles. The van der Waals surface area contributed by atoms with E-state index in [2.05, 4.69) is 20.2 Å². The van der Waals surface area contributed by atoms with Crippen LogP contribution in [0.15, 0.2) is 41.5 Å². The van der Waals surface area contributed by atoms with Crippen molar-refractivity contribution in [1.29, 1.82) is 0 Å². The summed E-state index contributed by atoms with van der Waals surface area (Å²) in [5.41, 5.74) is -0.643. The van der Waals surface area contributed by atoms with E-state index in [4.69, 9.17) is 0 Å². The molecule has 1 aromatic carbocycles. The Morgan fingerprint density at radius 1 is 1.09 bits per heavy atom. The lowest BCUT2D eigenvalue weighted by Gasteiger charge is -2.35. The summed E-state index contributed by atoms with van der Waals surface area (Å²) in [6.07, 6.45) is -3.85. The highest BCUT2D eigenvalue weighted by molar-refractivity contribution is 5.84. The molecule has 33 heavy (non-hydrogen) atoms. The van der Waals surface area contributed by atoms with Crippen LogP contribution in [0.5, 0.6) is 0 Å². The molecule has 12 heteroatoms. The van der Waals surface area contributed by atoms with E-state index in [0.717, 1.165) is 12.4 Å². The van der Waals surface area contributed by atoms with Crippen LogP contribution in [0.25, 0.3) is 10.8 Å². The Balaban J connectivity index is 1.32. The molecule has 174 valence electrons. The van der Waals surface area contributed by atoms with Crippen LogP contribution in [0.2, 0.25) is 0 Å². The average Bonchev–Trinajstić information content (AvgIpc) is 2.83. The molecule has 0 saturated carbocycles. The van der Waals surface area contributed by atoms with Crippen LogP contribution in [-0.4, -0.2) is 68.4 Å². The number of halogens is 3. The highest BCUT2D eigenvalue weighted by Crippen LogP contribution is 2.28. The van der Waals surface area contributed by atoms with Gasteiger partial charge in [0, 0.05) is 44.0 Å². The quantitative estimate of drug-likeness (QED) is 0.589. The lowest BCUT2D eigenvalue weighted by Crippen LogP contribution is -2.52. The van der Waals surface area contributed by atoms with E-state index in [9.17, 15) is 27.9 Å². The molecule has 2 N–H and O–H groups in total. The SMILES string of the molecule is O=C(C(O)CCc1n[nH]c(=O)c2ccccc12)N1CCN(c2ncc(C(F)(F)F)cn2)CC1. The van der Waals surface area contributed by atoms with E-state index < -0.39 is 23.8 Å². The molecule has 1 fully saturated rings. The number of benzene rings is 1. The molecule has 1 unspecified atom stereocenters. The summed E-state index contributed by atoms with van der Waals surface area (Å²) < 4.78 is 38.0. The predicted octanol–water partition coefficient (Wildman–Crippen LogP) is 1.37. The lowest BCUT2D eigenvalue weighted by atomic mass is 10.1. The van der Waals surface area contributed by atoms with Crippen molar-refractivity contribution in [2.75, 3.05) is 31.1 Å². The summed E-state index contributed by atoms with van der Waals surface area (Å²) >= 11 is 0. The van der Waals surface area contributed by atoms with Gasteiger partial charge < -0.3 is 14.9 Å². The number of hydrogen-bond acceptors (Lipinski definition) is 7. The van der Waals surface area contributed by atoms with Gasteiger partial charge in [0.1, 0.15) is 6.10 Å². The topological polar surface area (TPSA) is 115 Å². The van der Waals surface area contributed by atoms with Crippen LogP contribution < -0.4 is 10.5 Å². The Morgan fingerprint density at radius 2 is 1.73 bits per heavy atom. The van der Waals surface area contributed by atoms with Gasteiger partial charge in [-0.1, -0.05) is 18.2 Å². The maximum Gasteiger partial charge on any atom is 0.419 e. The van der Waals surface area contributed by atoms with E-state index in [-0.39, 0.29) is 31.0 Å². The van der Waals surface area contributed by atoms with Gasteiger partial charge in [0.05, 0.1) is 16.6 Å². The number of aromatic amines is 1. The first-order valence-electron chi connectivity index (χ1n) is 10.3. The molecule has 1 saturated heterocycles. The number of hydrogen-bond donors (Lipinski definition) is 2. The van der Waals surface area contributed by atoms with Crippen molar-refractivity contribution >= 4 is 22.6 Å². The number of amides is 1. The number of fused-ring (bicyclic) bond motifs is 1. The van der Waals surface area contributed by atoms with Crippen molar-refractivity contribution in [3.8, 4) is 0 Å². The number of anilines is 1. The number of H-pyrrole nitrogens is 1. The van der Waals surface area contributed by atoms with Gasteiger partial charge in [-0.25, -0.2) is 15.1 Å². The van der Waals surface area contributed by atoms with Gasteiger partial charge in [-0.15, -0.1) is 0 Å². The highest BCUT2D eigenvalue weighted by Gasteiger charge is 2.32. The molecular formula is C21H21F3N6O3. The van der Waals surface area contributed by atoms with Gasteiger partial charge in [0.2, 0.25) is 5.95 Å². The molecule has 2 aromatic heterocycles. The monoisotopic (exact) mass is 462 g/mol. The van der Waals surface area contributed by atoms with E-state index >= 15 is 0 Å². The lowest BCUT2D eigenvalue weighted by molar-refractivity contribution is -0.141. The fraction of sp³-hybridized carbons (Fsp3) is 0.381. The van der Waals surface area contributed by atoms with Gasteiger partial charge >= 0.3 is 6.18 Å². The summed E-state index contributed by atoms with van der Waals surface area (Å²) in [6.45, 7) is 1.21. The molecule has 9 nitrogen and oxygen atoms in total. The normalized spacial score (nSPS) is 15.6. The number of rotatable bonds is 5. The third kappa shape index (κ3) is 4.95. The number of aliphatic hydroxyl groups is 1. The zero-order valence-electron chi connectivity index (χ0n) is 17.4. The predicted molar refractivity (Wildman–Crippen MR) is 113 cm³/mol. The number of nitrogens with zero attached hydrogens (tertiary/aromatic N) is 5. The number of aliphatic hydroxyl groups excluding tert-OH is 1. The van der Waals surface area contributed by atoms with E-state index in [1.165, 1.54) is 4.90 Å². The summed E-state index contributed by atoms with van der Waals surface area (Å²) in [4.78, 5) is 35.3. The third-order valence-corrected chi connectivity index (χ3v) is 5.55. The molecular weight excluding hydrogens is 441 g/mol. The number of piperazine rings is 1. The fourth-order valence-electron chi connectivity index (χ4n) is 3.73. The Bertz CT molecular complexity index is 1190. The number of aromatic nitrogens is 4. The molecule has 1 atom stereocenters. The van der Waals surface area contributed by atoms with Gasteiger partial charge in [0.25, 0.3) is 11.5 Å². The Labute approximate surface area is 185 Å². The van der Waals surface area contributed by atoms with Gasteiger partial charge in [-0.05, 0) is 18.9 Å². The van der Waals surface area contributed by atoms with Crippen molar-refractivity contribution in [3.63, 3.8) is 0 Å². The first-order chi connectivity index (χ1) is 15.7. The number of aryl methyl sites for hydroxylation is 1. The number of carbonyl (C=O) groups excluding carboxylic acids is 1. The third-order valence-electron chi connectivity index (χ3n) is 5.55. The van der Waals surface area contributed by atoms with Gasteiger partial charge in [-0.2, -0.15) is 18.3 Å². The van der Waals surface area contributed by atoms with Crippen LogP contribution in [0.4, 0.5) is 19.1 Å². The highest BCUT2D eigenvalue weighted by atomic mass is 19.4. The zero-order valence-corrected chi connectivity index (χ0v) is 17.4. The van der Waals surface area contributed by atoms with E-state index in [0.29, 0.717) is 36.0 Å². The number of carbonyl (C=O) groups is 1. The molecule has 0 spiro atoms. The fourth-order valence-corrected chi connectivity index (χ4v) is 3.73. The molecule has 1 aliphatic rings. The van der Waals surface area contributed by atoms with Crippen molar-refractivity contribution in [2.24, 2.45) is 0 Å². The van der Waals surface area contributed by atoms with E-state index in [1.54, 1.807) is 29.2 Å². The second-order valence-corrected chi connectivity index (χ2v) is 7.68. The number of alkyl halides is 3. The first-order valence-corrected chi connectivity index (χ1v) is 10.3. The second-order valence-electron chi connectivity index (χ2n) is 7.68. The van der Waals surface area contributed by atoms with Crippen LogP contribution >= 0.6 is 0 Å². The van der Waals surface area contributed by atoms with Gasteiger partial charge in [0.15, 0.2) is 0 Å². The first kappa shape index (κ1) is 22.6. The molecule has 1 amide bonds. The Kier molecular flexibility index (Phi) is 6.27. The van der Waals surface area contributed by atoms with Crippen molar-refractivity contribution in [2.45, 2.75) is 25.1 Å². The minimum absolute atomic E-state index is 0.129. The van der Waals surface area contributed by atoms with Crippen molar-refractivity contribution in [1.82, 2.24) is 25.1 Å². The van der Waals surface area contributed by atoms with Crippen molar-refractivity contribution in [3.05, 3.63) is 58.3 Å². The van der Waals surface area contributed by atoms with Crippen LogP contribution in [0.3, 0.4) is 0 Å². The molecule has 4 rings (SSSR count). The smallest absolute Gasteiger partial charge is 0.383 e. The summed E-state index contributed by atoms with van der Waals surface area (Å²) in [5, 5.41) is 18.1. The van der Waals surface area contributed by atoms with Crippen molar-refractivity contribution < 1.29 is 23.1 Å². The minimum atomic E-state index is -4.50. The second kappa shape index (κ2) is 9.14. The maximum absolute atomic E-state index is 12.7. The van der Waals surface area contributed by atoms with Crippen LogP contribution in [-0.2, 0) is 17.4 Å². The molecule has 0 aliphatic carbocycles. The molecule has 3 aromatic rings. The minimum Gasteiger partial charge on any atom is -0.383 e. The molecule has 1 aliphatic heterocycles. The largest absolute Gasteiger partial charge is 0.419 e. The Hall–Kier alpha value is -3.54. The molecule has 0 radical (unpaired) electrons. The number of nitrogens with one attached hydrogen (secondary N) is 1.